The van der Waals surface area contributed by atoms with Crippen LogP contribution in [0.2, 0.25) is 0 Å². The minimum absolute atomic E-state index is 0.0105. The van der Waals surface area contributed by atoms with Gasteiger partial charge in [0.1, 0.15) is 6.33 Å². The molecule has 1 saturated carbocycles. The number of carbonyl (C=O) groups excluding carboxylic acids is 1. The predicted molar refractivity (Wildman–Crippen MR) is 63.1 cm³/mol. The van der Waals surface area contributed by atoms with Gasteiger partial charge in [0.15, 0.2) is 5.82 Å². The number of rotatable bonds is 7. The van der Waals surface area contributed by atoms with Gasteiger partial charge in [0.05, 0.1) is 13.1 Å². The molecule has 0 spiro atoms. The van der Waals surface area contributed by atoms with Gasteiger partial charge in [0.2, 0.25) is 5.91 Å². The van der Waals surface area contributed by atoms with Crippen molar-refractivity contribution in [2.24, 2.45) is 5.92 Å². The van der Waals surface area contributed by atoms with Crippen molar-refractivity contribution in [2.75, 3.05) is 13.1 Å². The molecule has 0 unspecified atom stereocenters. The summed E-state index contributed by atoms with van der Waals surface area (Å²) in [6.07, 6.45) is 4.27. The van der Waals surface area contributed by atoms with Gasteiger partial charge in [-0.2, -0.15) is 0 Å². The summed E-state index contributed by atoms with van der Waals surface area (Å²) in [7, 11) is 0. The van der Waals surface area contributed by atoms with E-state index >= 15 is 0 Å². The maximum atomic E-state index is 11.5. The largest absolute Gasteiger partial charge is 0.348 e. The summed E-state index contributed by atoms with van der Waals surface area (Å²) in [4.78, 5) is 11.5. The fourth-order valence-corrected chi connectivity index (χ4v) is 1.63. The summed E-state index contributed by atoms with van der Waals surface area (Å²) < 4.78 is 1.91. The summed E-state index contributed by atoms with van der Waals surface area (Å²) >= 11 is 0. The summed E-state index contributed by atoms with van der Waals surface area (Å²) in [6.45, 7) is 4.62. The number of hydrogen-bond donors (Lipinski definition) is 2. The Morgan fingerprint density at radius 1 is 1.59 bits per heavy atom. The molecular weight excluding hydrogens is 218 g/mol. The van der Waals surface area contributed by atoms with Crippen LogP contribution in [0.1, 0.15) is 25.6 Å². The first-order chi connectivity index (χ1) is 8.29. The number of aryl methyl sites for hydroxylation is 1. The molecule has 17 heavy (non-hydrogen) atoms. The molecule has 1 aromatic rings. The second-order valence-electron chi connectivity index (χ2n) is 4.38. The molecule has 1 aliphatic rings. The fraction of sp³-hybridized carbons (Fsp3) is 0.727. The second kappa shape index (κ2) is 5.77. The van der Waals surface area contributed by atoms with Crippen LogP contribution in [0.5, 0.6) is 0 Å². The number of nitrogens with one attached hydrogen (secondary N) is 2. The first-order valence-electron chi connectivity index (χ1n) is 6.13. The van der Waals surface area contributed by atoms with Gasteiger partial charge in [-0.25, -0.2) is 0 Å². The average Bonchev–Trinajstić information content (AvgIpc) is 3.03. The van der Waals surface area contributed by atoms with Crippen molar-refractivity contribution in [3.05, 3.63) is 12.2 Å². The van der Waals surface area contributed by atoms with Gasteiger partial charge in [-0.15, -0.1) is 10.2 Å². The van der Waals surface area contributed by atoms with Crippen LogP contribution in [0.3, 0.4) is 0 Å². The van der Waals surface area contributed by atoms with Gasteiger partial charge in [0.25, 0.3) is 0 Å². The molecule has 0 saturated heterocycles. The Hall–Kier alpha value is -1.43. The summed E-state index contributed by atoms with van der Waals surface area (Å²) in [5.41, 5.74) is 0. The lowest BCUT2D eigenvalue weighted by Gasteiger charge is -2.06. The van der Waals surface area contributed by atoms with Crippen molar-refractivity contribution >= 4 is 5.91 Å². The van der Waals surface area contributed by atoms with Crippen LogP contribution in [0.4, 0.5) is 0 Å². The highest BCUT2D eigenvalue weighted by atomic mass is 16.1. The molecule has 2 N–H and O–H groups in total. The Morgan fingerprint density at radius 2 is 2.41 bits per heavy atom. The van der Waals surface area contributed by atoms with Gasteiger partial charge >= 0.3 is 0 Å². The molecule has 1 heterocycles. The zero-order valence-electron chi connectivity index (χ0n) is 10.1. The van der Waals surface area contributed by atoms with E-state index in [9.17, 15) is 4.79 Å². The van der Waals surface area contributed by atoms with E-state index in [-0.39, 0.29) is 5.91 Å². The number of nitrogens with zero attached hydrogens (tertiary/aromatic N) is 3. The molecule has 0 bridgehead atoms. The lowest BCUT2D eigenvalue weighted by molar-refractivity contribution is -0.120. The Bertz CT molecular complexity index is 372. The first kappa shape index (κ1) is 12.0. The quantitative estimate of drug-likeness (QED) is 0.695. The van der Waals surface area contributed by atoms with Crippen LogP contribution in [0.25, 0.3) is 0 Å². The molecular formula is C11H19N5O. The van der Waals surface area contributed by atoms with Crippen LogP contribution in [-0.4, -0.2) is 33.8 Å². The molecule has 2 rings (SSSR count). The van der Waals surface area contributed by atoms with Crippen LogP contribution >= 0.6 is 0 Å². The third-order valence-corrected chi connectivity index (χ3v) is 2.90. The van der Waals surface area contributed by atoms with Crippen LogP contribution in [0.15, 0.2) is 6.33 Å². The normalized spacial score (nSPS) is 14.9. The zero-order chi connectivity index (χ0) is 12.1. The molecule has 94 valence electrons. The smallest absolute Gasteiger partial charge is 0.234 e. The van der Waals surface area contributed by atoms with Gasteiger partial charge in [-0.3, -0.25) is 4.79 Å². The molecule has 1 aliphatic carbocycles. The Labute approximate surface area is 101 Å². The molecule has 6 nitrogen and oxygen atoms in total. The molecule has 0 aromatic carbocycles. The maximum Gasteiger partial charge on any atom is 0.234 e. The van der Waals surface area contributed by atoms with Crippen molar-refractivity contribution in [3.8, 4) is 0 Å². The molecule has 6 heteroatoms. The van der Waals surface area contributed by atoms with Crippen LogP contribution in [0, 0.1) is 5.92 Å². The highest BCUT2D eigenvalue weighted by molar-refractivity contribution is 5.77. The van der Waals surface area contributed by atoms with Crippen molar-refractivity contribution < 1.29 is 4.79 Å². The zero-order valence-corrected chi connectivity index (χ0v) is 10.1. The molecule has 1 amide bonds. The van der Waals surface area contributed by atoms with Crippen LogP contribution in [-0.2, 0) is 17.9 Å². The fourth-order valence-electron chi connectivity index (χ4n) is 1.63. The predicted octanol–water partition coefficient (Wildman–Crippen LogP) is -0.0862. The average molecular weight is 237 g/mol. The number of hydrogen-bond acceptors (Lipinski definition) is 4. The van der Waals surface area contributed by atoms with Gasteiger partial charge in [-0.05, 0) is 32.2 Å². The van der Waals surface area contributed by atoms with E-state index in [1.54, 1.807) is 6.33 Å². The Balaban J connectivity index is 1.64. The van der Waals surface area contributed by atoms with E-state index in [2.05, 4.69) is 20.8 Å². The van der Waals surface area contributed by atoms with Gasteiger partial charge < -0.3 is 15.2 Å². The number of carbonyl (C=O) groups is 1. The Morgan fingerprint density at radius 3 is 3.12 bits per heavy atom. The third-order valence-electron chi connectivity index (χ3n) is 2.90. The summed E-state index contributed by atoms with van der Waals surface area (Å²) in [6, 6.07) is 0. The van der Waals surface area contributed by atoms with E-state index in [1.807, 2.05) is 11.5 Å². The maximum absolute atomic E-state index is 11.5. The minimum Gasteiger partial charge on any atom is -0.348 e. The lowest BCUT2D eigenvalue weighted by Crippen LogP contribution is -2.34. The summed E-state index contributed by atoms with van der Waals surface area (Å²) in [5, 5.41) is 13.7. The standard InChI is InChI=1S/C11H19N5O/c1-2-16-8-14-15-10(16)6-13-11(17)7-12-5-9-3-4-9/h8-9,12H,2-7H2,1H3,(H,13,17). The van der Waals surface area contributed by atoms with Crippen molar-refractivity contribution in [3.63, 3.8) is 0 Å². The second-order valence-corrected chi connectivity index (χ2v) is 4.38. The number of amides is 1. The lowest BCUT2D eigenvalue weighted by atomic mass is 10.4. The monoisotopic (exact) mass is 237 g/mol. The van der Waals surface area contributed by atoms with Crippen LogP contribution < -0.4 is 10.6 Å². The van der Waals surface area contributed by atoms with E-state index < -0.39 is 0 Å². The topological polar surface area (TPSA) is 71.8 Å². The van der Waals surface area contributed by atoms with E-state index in [0.29, 0.717) is 13.1 Å². The van der Waals surface area contributed by atoms with Gasteiger partial charge in [0, 0.05) is 6.54 Å². The summed E-state index contributed by atoms with van der Waals surface area (Å²) in [5.74, 6) is 1.60. The molecule has 0 radical (unpaired) electrons. The van der Waals surface area contributed by atoms with Crippen molar-refractivity contribution in [1.82, 2.24) is 25.4 Å². The highest BCUT2D eigenvalue weighted by Gasteiger charge is 2.20. The SMILES string of the molecule is CCn1cnnc1CNC(=O)CNCC1CC1. The van der Waals surface area contributed by atoms with E-state index in [0.717, 1.165) is 24.8 Å². The minimum atomic E-state index is 0.0105. The van der Waals surface area contributed by atoms with E-state index in [4.69, 9.17) is 0 Å². The third kappa shape index (κ3) is 3.81. The molecule has 1 fully saturated rings. The first-order valence-corrected chi connectivity index (χ1v) is 6.13. The molecule has 0 atom stereocenters. The van der Waals surface area contributed by atoms with Gasteiger partial charge in [-0.1, -0.05) is 0 Å². The van der Waals surface area contributed by atoms with Crippen molar-refractivity contribution in [2.45, 2.75) is 32.9 Å². The highest BCUT2D eigenvalue weighted by Crippen LogP contribution is 2.27. The Kier molecular flexibility index (Phi) is 4.08. The van der Waals surface area contributed by atoms with E-state index in [1.165, 1.54) is 12.8 Å². The molecule has 0 aliphatic heterocycles. The molecule has 1 aromatic heterocycles. The van der Waals surface area contributed by atoms with Crippen molar-refractivity contribution in [1.29, 1.82) is 0 Å². The number of aromatic nitrogens is 3.